The first kappa shape index (κ1) is 15.6. The summed E-state index contributed by atoms with van der Waals surface area (Å²) in [4.78, 5) is 5.68. The van der Waals surface area contributed by atoms with Crippen LogP contribution in [0, 0.1) is 6.92 Å². The van der Waals surface area contributed by atoms with E-state index in [2.05, 4.69) is 9.71 Å². The second-order valence-corrected chi connectivity index (χ2v) is 6.87. The van der Waals surface area contributed by atoms with Gasteiger partial charge in [0.15, 0.2) is 0 Å². The largest absolute Gasteiger partial charge is 0.377 e. The molecule has 0 atom stereocenters. The molecule has 0 radical (unpaired) electrons. The van der Waals surface area contributed by atoms with E-state index in [1.54, 1.807) is 12.1 Å². The van der Waals surface area contributed by atoms with Crippen LogP contribution in [0.15, 0.2) is 41.6 Å². The Morgan fingerprint density at radius 2 is 1.95 bits per heavy atom. The fourth-order valence-corrected chi connectivity index (χ4v) is 3.41. The molecule has 0 aliphatic carbocycles. The van der Waals surface area contributed by atoms with Gasteiger partial charge in [-0.05, 0) is 30.7 Å². The van der Waals surface area contributed by atoms with Crippen molar-refractivity contribution in [2.75, 3.05) is 23.7 Å². The Morgan fingerprint density at radius 3 is 2.57 bits per heavy atom. The summed E-state index contributed by atoms with van der Waals surface area (Å²) < 4.78 is 27.2. The predicted octanol–water partition coefficient (Wildman–Crippen LogP) is 2.91. The Hall–Kier alpha value is -1.79. The monoisotopic (exact) mass is 325 g/mol. The lowest BCUT2D eigenvalue weighted by molar-refractivity contribution is 0.601. The molecule has 0 unspecified atom stereocenters. The van der Waals surface area contributed by atoms with Gasteiger partial charge in [-0.1, -0.05) is 17.7 Å². The molecule has 2 aromatic rings. The van der Waals surface area contributed by atoms with Crippen molar-refractivity contribution in [3.63, 3.8) is 0 Å². The van der Waals surface area contributed by atoms with Crippen molar-refractivity contribution in [3.05, 3.63) is 47.2 Å². The van der Waals surface area contributed by atoms with Gasteiger partial charge in [-0.2, -0.15) is 0 Å². The van der Waals surface area contributed by atoms with E-state index >= 15 is 0 Å². The van der Waals surface area contributed by atoms with Crippen LogP contribution in [0.2, 0.25) is 5.02 Å². The molecule has 7 heteroatoms. The minimum Gasteiger partial charge on any atom is -0.377 e. The van der Waals surface area contributed by atoms with Gasteiger partial charge in [0.05, 0.1) is 10.7 Å². The first-order chi connectivity index (χ1) is 9.81. The summed E-state index contributed by atoms with van der Waals surface area (Å²) in [6.45, 7) is 1.96. The van der Waals surface area contributed by atoms with Crippen LogP contribution in [0.1, 0.15) is 5.56 Å². The molecule has 112 valence electrons. The van der Waals surface area contributed by atoms with E-state index in [4.69, 9.17) is 11.6 Å². The normalized spacial score (nSPS) is 11.2. The van der Waals surface area contributed by atoms with Crippen LogP contribution in [-0.4, -0.2) is 27.5 Å². The highest BCUT2D eigenvalue weighted by molar-refractivity contribution is 7.92. The minimum atomic E-state index is -3.76. The Kier molecular flexibility index (Phi) is 4.39. The average Bonchev–Trinajstić information content (AvgIpc) is 2.40. The van der Waals surface area contributed by atoms with Gasteiger partial charge in [0.1, 0.15) is 4.90 Å². The molecule has 0 amide bonds. The van der Waals surface area contributed by atoms with Crippen LogP contribution in [-0.2, 0) is 10.0 Å². The maximum atomic E-state index is 12.3. The summed E-state index contributed by atoms with van der Waals surface area (Å²) in [5.41, 5.74) is 2.47. The lowest BCUT2D eigenvalue weighted by Gasteiger charge is -2.17. The number of nitrogens with zero attached hydrogens (tertiary/aromatic N) is 2. The van der Waals surface area contributed by atoms with E-state index in [0.29, 0.717) is 5.69 Å². The average molecular weight is 326 g/mol. The number of benzene rings is 1. The first-order valence-corrected chi connectivity index (χ1v) is 8.07. The third kappa shape index (κ3) is 3.46. The number of hydrogen-bond acceptors (Lipinski definition) is 4. The van der Waals surface area contributed by atoms with E-state index in [1.807, 2.05) is 32.0 Å². The Bertz CT molecular complexity index is 761. The van der Waals surface area contributed by atoms with Gasteiger partial charge in [0.2, 0.25) is 0 Å². The first-order valence-electron chi connectivity index (χ1n) is 6.21. The van der Waals surface area contributed by atoms with E-state index < -0.39 is 10.0 Å². The summed E-state index contributed by atoms with van der Waals surface area (Å²) in [6.07, 6.45) is 2.67. The van der Waals surface area contributed by atoms with Crippen LogP contribution in [0.3, 0.4) is 0 Å². The van der Waals surface area contributed by atoms with Gasteiger partial charge < -0.3 is 4.90 Å². The summed E-state index contributed by atoms with van der Waals surface area (Å²) in [5.74, 6) is 0. The van der Waals surface area contributed by atoms with Gasteiger partial charge in [-0.25, -0.2) is 8.42 Å². The van der Waals surface area contributed by atoms with Crippen LogP contribution in [0.25, 0.3) is 0 Å². The lowest BCUT2D eigenvalue weighted by atomic mass is 10.2. The van der Waals surface area contributed by atoms with Gasteiger partial charge in [-0.15, -0.1) is 0 Å². The third-order valence-electron chi connectivity index (χ3n) is 2.97. The molecule has 21 heavy (non-hydrogen) atoms. The maximum Gasteiger partial charge on any atom is 0.264 e. The molecule has 1 N–H and O–H groups in total. The van der Waals surface area contributed by atoms with Gasteiger partial charge >= 0.3 is 0 Å². The number of hydrogen-bond donors (Lipinski definition) is 1. The number of pyridine rings is 1. The smallest absolute Gasteiger partial charge is 0.264 e. The van der Waals surface area contributed by atoms with Crippen molar-refractivity contribution in [3.8, 4) is 0 Å². The number of anilines is 2. The van der Waals surface area contributed by atoms with Crippen LogP contribution in [0.5, 0.6) is 0 Å². The molecular formula is C14H16ClN3O2S. The van der Waals surface area contributed by atoms with Crippen molar-refractivity contribution < 1.29 is 8.42 Å². The second kappa shape index (κ2) is 5.91. The Labute approximate surface area is 129 Å². The minimum absolute atomic E-state index is 0.0429. The van der Waals surface area contributed by atoms with Crippen molar-refractivity contribution in [1.82, 2.24) is 4.98 Å². The highest BCUT2D eigenvalue weighted by Gasteiger charge is 2.18. The van der Waals surface area contributed by atoms with Crippen molar-refractivity contribution in [1.29, 1.82) is 0 Å². The fourth-order valence-electron chi connectivity index (χ4n) is 1.93. The van der Waals surface area contributed by atoms with Crippen LogP contribution >= 0.6 is 11.6 Å². The van der Waals surface area contributed by atoms with Crippen LogP contribution < -0.4 is 9.62 Å². The molecular weight excluding hydrogens is 310 g/mol. The van der Waals surface area contributed by atoms with Crippen LogP contribution in [0.4, 0.5) is 11.4 Å². The predicted molar refractivity (Wildman–Crippen MR) is 85.6 cm³/mol. The molecule has 0 aliphatic heterocycles. The van der Waals surface area contributed by atoms with E-state index in [1.165, 1.54) is 18.5 Å². The third-order valence-corrected chi connectivity index (χ3v) is 4.82. The quantitative estimate of drug-likeness (QED) is 0.939. The van der Waals surface area contributed by atoms with Gasteiger partial charge in [-0.3, -0.25) is 9.71 Å². The summed E-state index contributed by atoms with van der Waals surface area (Å²) in [5, 5.41) is 0.137. The lowest BCUT2D eigenvalue weighted by Crippen LogP contribution is -2.15. The SMILES string of the molecule is Cc1ccc(NS(=O)(=O)c2cnccc2Cl)cc1N(C)C. The second-order valence-electron chi connectivity index (χ2n) is 4.81. The molecule has 1 aromatic carbocycles. The number of sulfonamides is 1. The molecule has 0 saturated heterocycles. The van der Waals surface area contributed by atoms with Gasteiger partial charge in [0, 0.05) is 32.2 Å². The van der Waals surface area contributed by atoms with E-state index in [9.17, 15) is 8.42 Å². The summed E-state index contributed by atoms with van der Waals surface area (Å²) in [7, 11) is 0.0405. The molecule has 0 spiro atoms. The number of nitrogens with one attached hydrogen (secondary N) is 1. The highest BCUT2D eigenvalue weighted by atomic mass is 35.5. The number of halogens is 1. The number of rotatable bonds is 4. The standard InChI is InChI=1S/C14H16ClN3O2S/c1-10-4-5-11(8-13(10)18(2)3)17-21(19,20)14-9-16-7-6-12(14)15/h4-9,17H,1-3H3. The maximum absolute atomic E-state index is 12.3. The van der Waals surface area contributed by atoms with E-state index in [0.717, 1.165) is 11.3 Å². The van der Waals surface area contributed by atoms with Gasteiger partial charge in [0.25, 0.3) is 10.0 Å². The Balaban J connectivity index is 2.38. The molecule has 1 aromatic heterocycles. The van der Waals surface area contributed by atoms with E-state index in [-0.39, 0.29) is 9.92 Å². The van der Waals surface area contributed by atoms with Crippen molar-refractivity contribution in [2.24, 2.45) is 0 Å². The number of aromatic nitrogens is 1. The zero-order valence-corrected chi connectivity index (χ0v) is 13.5. The highest BCUT2D eigenvalue weighted by Crippen LogP contribution is 2.26. The molecule has 5 nitrogen and oxygen atoms in total. The zero-order chi connectivity index (χ0) is 15.6. The molecule has 0 saturated carbocycles. The summed E-state index contributed by atoms with van der Waals surface area (Å²) >= 11 is 5.91. The molecule has 1 heterocycles. The molecule has 2 rings (SSSR count). The topological polar surface area (TPSA) is 62.3 Å². The molecule has 0 fully saturated rings. The molecule has 0 bridgehead atoms. The fraction of sp³-hybridized carbons (Fsp3) is 0.214. The van der Waals surface area contributed by atoms with Crippen molar-refractivity contribution >= 4 is 33.0 Å². The summed E-state index contributed by atoms with van der Waals surface area (Å²) in [6, 6.07) is 6.79. The Morgan fingerprint density at radius 1 is 1.24 bits per heavy atom. The van der Waals surface area contributed by atoms with Crippen molar-refractivity contribution in [2.45, 2.75) is 11.8 Å². The zero-order valence-electron chi connectivity index (χ0n) is 12.0. The number of aryl methyl sites for hydroxylation is 1. The molecule has 0 aliphatic rings.